The fourth-order valence-corrected chi connectivity index (χ4v) is 1.15. The van der Waals surface area contributed by atoms with Gasteiger partial charge >= 0.3 is 0 Å². The van der Waals surface area contributed by atoms with Crippen LogP contribution in [-0.4, -0.2) is 55.6 Å². The predicted octanol–water partition coefficient (Wildman–Crippen LogP) is -0.673. The number of nitrogens with zero attached hydrogens (tertiary/aromatic N) is 2. The van der Waals surface area contributed by atoms with Gasteiger partial charge in [0.05, 0.1) is 13.2 Å². The monoisotopic (exact) mass is 171 g/mol. The van der Waals surface area contributed by atoms with Gasteiger partial charge < -0.3 is 9.80 Å². The summed E-state index contributed by atoms with van der Waals surface area (Å²) in [5.41, 5.74) is 0. The van der Waals surface area contributed by atoms with Crippen molar-refractivity contribution >= 4 is 5.91 Å². The van der Waals surface area contributed by atoms with Crippen LogP contribution >= 0.6 is 0 Å². The molecule has 1 aliphatic heterocycles. The first-order valence-corrected chi connectivity index (χ1v) is 4.41. The number of rotatable bonds is 4. The van der Waals surface area contributed by atoms with E-state index in [2.05, 4.69) is 24.2 Å². The molecule has 1 heterocycles. The molecule has 1 fully saturated rings. The van der Waals surface area contributed by atoms with Crippen LogP contribution in [0.5, 0.6) is 0 Å². The van der Waals surface area contributed by atoms with Gasteiger partial charge in [0.1, 0.15) is 0 Å². The largest absolute Gasteiger partial charge is 0.328 e. The summed E-state index contributed by atoms with van der Waals surface area (Å²) in [5.74, 6) is 0.222. The van der Waals surface area contributed by atoms with Crippen LogP contribution in [0.2, 0.25) is 0 Å². The zero-order valence-electron chi connectivity index (χ0n) is 7.84. The molecule has 4 nitrogen and oxygen atoms in total. The van der Waals surface area contributed by atoms with Crippen molar-refractivity contribution in [1.29, 1.82) is 0 Å². The predicted molar refractivity (Wildman–Crippen MR) is 47.8 cm³/mol. The van der Waals surface area contributed by atoms with Crippen LogP contribution in [0.4, 0.5) is 0 Å². The minimum Gasteiger partial charge on any atom is -0.328 e. The van der Waals surface area contributed by atoms with E-state index in [1.807, 2.05) is 4.90 Å². The lowest BCUT2D eigenvalue weighted by molar-refractivity contribution is -0.126. The second kappa shape index (κ2) is 4.42. The van der Waals surface area contributed by atoms with Crippen molar-refractivity contribution in [1.82, 2.24) is 15.1 Å². The molecule has 0 saturated carbocycles. The molecule has 70 valence electrons. The Bertz CT molecular complexity index is 160. The molecule has 1 saturated heterocycles. The van der Waals surface area contributed by atoms with Gasteiger partial charge in [-0.3, -0.25) is 10.1 Å². The van der Waals surface area contributed by atoms with E-state index < -0.39 is 0 Å². The molecular weight excluding hydrogens is 154 g/mol. The minimum absolute atomic E-state index is 0.222. The molecule has 1 N–H and O–H groups in total. The van der Waals surface area contributed by atoms with Crippen LogP contribution in [0, 0.1) is 0 Å². The molecule has 0 bridgehead atoms. The lowest BCUT2D eigenvalue weighted by Crippen LogP contribution is -2.34. The average molecular weight is 171 g/mol. The quantitative estimate of drug-likeness (QED) is 0.609. The Balaban J connectivity index is 2.18. The molecule has 0 spiro atoms. The maximum absolute atomic E-state index is 11.1. The summed E-state index contributed by atoms with van der Waals surface area (Å²) in [4.78, 5) is 15.2. The van der Waals surface area contributed by atoms with Crippen LogP contribution in [0.15, 0.2) is 0 Å². The van der Waals surface area contributed by atoms with Gasteiger partial charge in [-0.05, 0) is 13.6 Å². The molecule has 0 aromatic heterocycles. The lowest BCUT2D eigenvalue weighted by Gasteiger charge is -2.19. The topological polar surface area (TPSA) is 35.6 Å². The summed E-state index contributed by atoms with van der Waals surface area (Å²) >= 11 is 0. The van der Waals surface area contributed by atoms with Crippen molar-refractivity contribution in [3.63, 3.8) is 0 Å². The Morgan fingerprint density at radius 3 is 2.92 bits per heavy atom. The Kier molecular flexibility index (Phi) is 3.49. The molecule has 0 aliphatic carbocycles. The van der Waals surface area contributed by atoms with Crippen molar-refractivity contribution in [2.45, 2.75) is 6.92 Å². The Labute approximate surface area is 73.5 Å². The van der Waals surface area contributed by atoms with Crippen LogP contribution in [0.3, 0.4) is 0 Å². The molecule has 0 atom stereocenters. The first-order chi connectivity index (χ1) is 5.74. The molecule has 1 rings (SSSR count). The van der Waals surface area contributed by atoms with Gasteiger partial charge in [-0.15, -0.1) is 0 Å². The first kappa shape index (κ1) is 9.48. The lowest BCUT2D eigenvalue weighted by atomic mass is 10.4. The van der Waals surface area contributed by atoms with Gasteiger partial charge in [-0.1, -0.05) is 6.92 Å². The summed E-state index contributed by atoms with van der Waals surface area (Å²) in [5, 5.41) is 3.02. The highest BCUT2D eigenvalue weighted by Gasteiger charge is 2.18. The second-order valence-electron chi connectivity index (χ2n) is 3.14. The third-order valence-corrected chi connectivity index (χ3v) is 2.22. The molecule has 1 amide bonds. The van der Waals surface area contributed by atoms with Crippen LogP contribution in [0.25, 0.3) is 0 Å². The Morgan fingerprint density at radius 1 is 1.67 bits per heavy atom. The molecule has 0 unspecified atom stereocenters. The van der Waals surface area contributed by atoms with E-state index in [9.17, 15) is 4.79 Å². The number of likely N-dealkylation sites (N-methyl/N-ethyl adjacent to an activating group) is 1. The van der Waals surface area contributed by atoms with E-state index in [-0.39, 0.29) is 5.91 Å². The minimum atomic E-state index is 0.222. The Hall–Kier alpha value is -0.610. The maximum atomic E-state index is 11.1. The van der Waals surface area contributed by atoms with Crippen LogP contribution in [-0.2, 0) is 4.79 Å². The summed E-state index contributed by atoms with van der Waals surface area (Å²) in [7, 11) is 2.06. The van der Waals surface area contributed by atoms with Crippen molar-refractivity contribution in [2.75, 3.05) is 39.9 Å². The number of hydrogen-bond donors (Lipinski definition) is 1. The van der Waals surface area contributed by atoms with Gasteiger partial charge in [0, 0.05) is 13.1 Å². The van der Waals surface area contributed by atoms with Gasteiger partial charge in [0.2, 0.25) is 5.91 Å². The highest BCUT2D eigenvalue weighted by atomic mass is 16.2. The van der Waals surface area contributed by atoms with Crippen molar-refractivity contribution in [2.24, 2.45) is 0 Å². The van der Waals surface area contributed by atoms with E-state index in [0.29, 0.717) is 6.54 Å². The third kappa shape index (κ3) is 2.46. The molecule has 1 aliphatic rings. The van der Waals surface area contributed by atoms with Gasteiger partial charge in [-0.2, -0.15) is 0 Å². The number of carbonyl (C=O) groups is 1. The summed E-state index contributed by atoms with van der Waals surface area (Å²) < 4.78 is 0. The van der Waals surface area contributed by atoms with Gasteiger partial charge in [-0.25, -0.2) is 0 Å². The van der Waals surface area contributed by atoms with Crippen molar-refractivity contribution < 1.29 is 4.79 Å². The average Bonchev–Trinajstić information content (AvgIpc) is 2.47. The number of nitrogens with one attached hydrogen (secondary N) is 1. The number of hydrogen-bond acceptors (Lipinski definition) is 3. The zero-order chi connectivity index (χ0) is 8.97. The highest BCUT2D eigenvalue weighted by molar-refractivity contribution is 5.79. The molecular formula is C8H17N3O. The summed E-state index contributed by atoms with van der Waals surface area (Å²) in [6, 6.07) is 0. The van der Waals surface area contributed by atoms with Crippen LogP contribution < -0.4 is 5.32 Å². The summed E-state index contributed by atoms with van der Waals surface area (Å²) in [6.07, 6.45) is 0. The molecule has 0 radical (unpaired) electrons. The number of carbonyl (C=O) groups excluding carboxylic acids is 1. The standard InChI is InChI=1S/C8H17N3O/c1-3-10(2)4-5-11-7-9-6-8(11)12/h9H,3-7H2,1-2H3. The first-order valence-electron chi connectivity index (χ1n) is 4.41. The fraction of sp³-hybridized carbons (Fsp3) is 0.875. The zero-order valence-corrected chi connectivity index (χ0v) is 7.84. The van der Waals surface area contributed by atoms with E-state index in [0.717, 1.165) is 26.3 Å². The maximum Gasteiger partial charge on any atom is 0.237 e. The van der Waals surface area contributed by atoms with Gasteiger partial charge in [0.25, 0.3) is 0 Å². The molecule has 12 heavy (non-hydrogen) atoms. The fourth-order valence-electron chi connectivity index (χ4n) is 1.15. The van der Waals surface area contributed by atoms with Crippen molar-refractivity contribution in [3.8, 4) is 0 Å². The van der Waals surface area contributed by atoms with Crippen LogP contribution in [0.1, 0.15) is 6.92 Å². The second-order valence-corrected chi connectivity index (χ2v) is 3.14. The SMILES string of the molecule is CCN(C)CCN1CNCC1=O. The van der Waals surface area contributed by atoms with Gasteiger partial charge in [0.15, 0.2) is 0 Å². The number of amides is 1. The molecule has 4 heteroatoms. The normalized spacial score (nSPS) is 17.9. The van der Waals surface area contributed by atoms with E-state index in [1.165, 1.54) is 0 Å². The highest BCUT2D eigenvalue weighted by Crippen LogP contribution is 1.94. The van der Waals surface area contributed by atoms with Crippen molar-refractivity contribution in [3.05, 3.63) is 0 Å². The Morgan fingerprint density at radius 2 is 2.42 bits per heavy atom. The van der Waals surface area contributed by atoms with E-state index >= 15 is 0 Å². The van der Waals surface area contributed by atoms with E-state index in [4.69, 9.17) is 0 Å². The molecule has 0 aromatic carbocycles. The third-order valence-electron chi connectivity index (χ3n) is 2.22. The molecule has 0 aromatic rings. The van der Waals surface area contributed by atoms with E-state index in [1.54, 1.807) is 0 Å². The smallest absolute Gasteiger partial charge is 0.237 e. The summed E-state index contributed by atoms with van der Waals surface area (Å²) in [6.45, 7) is 6.19.